The summed E-state index contributed by atoms with van der Waals surface area (Å²) in [5.74, 6) is -0.0359. The molecule has 0 saturated heterocycles. The molecule has 0 fully saturated rings. The molecule has 0 spiro atoms. The molecular formula is C24H23N5O3S. The topological polar surface area (TPSA) is 99.0 Å². The van der Waals surface area contributed by atoms with Gasteiger partial charge in [-0.25, -0.2) is 14.6 Å². The second-order valence-corrected chi connectivity index (χ2v) is 8.12. The first-order valence-corrected chi connectivity index (χ1v) is 11.4. The average molecular weight is 462 g/mol. The fourth-order valence-electron chi connectivity index (χ4n) is 3.25. The van der Waals surface area contributed by atoms with E-state index >= 15 is 0 Å². The smallest absolute Gasteiger partial charge is 0.266 e. The maximum absolute atomic E-state index is 12.5. The number of carbonyl (C=O) groups excluding carboxylic acids is 1. The van der Waals surface area contributed by atoms with Gasteiger partial charge in [-0.2, -0.15) is 5.10 Å². The standard InChI is InChI=1S/C24H23N5O3S/c1-3-32-23-18(10-7-13-26-23)22(31)25-14-15-29-20(30)12-11-19(28-29)21-16(2)27-24(33-21)17-8-5-4-6-9-17/h4-13H,3,14-15H2,1-2H3,(H,25,31). The summed E-state index contributed by atoms with van der Waals surface area (Å²) in [6.45, 7) is 4.62. The van der Waals surface area contributed by atoms with Crippen molar-refractivity contribution in [2.45, 2.75) is 20.4 Å². The Morgan fingerprint density at radius 2 is 1.94 bits per heavy atom. The van der Waals surface area contributed by atoms with Crippen molar-refractivity contribution in [3.8, 4) is 27.0 Å². The number of ether oxygens (including phenoxy) is 1. The minimum Gasteiger partial charge on any atom is -0.477 e. The van der Waals surface area contributed by atoms with Crippen LogP contribution in [0.25, 0.3) is 21.1 Å². The predicted octanol–water partition coefficient (Wildman–Crippen LogP) is 3.57. The molecule has 0 aliphatic rings. The van der Waals surface area contributed by atoms with Crippen LogP contribution in [-0.2, 0) is 6.54 Å². The van der Waals surface area contributed by atoms with Gasteiger partial charge < -0.3 is 10.1 Å². The zero-order valence-corrected chi connectivity index (χ0v) is 19.1. The van der Waals surface area contributed by atoms with Gasteiger partial charge in [0.15, 0.2) is 0 Å². The van der Waals surface area contributed by atoms with Crippen LogP contribution in [0.3, 0.4) is 0 Å². The Bertz CT molecular complexity index is 1320. The second kappa shape index (κ2) is 10.2. The summed E-state index contributed by atoms with van der Waals surface area (Å²) in [5, 5.41) is 8.21. The van der Waals surface area contributed by atoms with Crippen LogP contribution >= 0.6 is 11.3 Å². The number of carbonyl (C=O) groups is 1. The molecule has 33 heavy (non-hydrogen) atoms. The van der Waals surface area contributed by atoms with Gasteiger partial charge in [0.25, 0.3) is 11.5 Å². The molecule has 0 saturated carbocycles. The number of benzene rings is 1. The molecular weight excluding hydrogens is 438 g/mol. The fourth-order valence-corrected chi connectivity index (χ4v) is 4.29. The molecule has 0 radical (unpaired) electrons. The third kappa shape index (κ3) is 5.15. The van der Waals surface area contributed by atoms with Crippen LogP contribution in [0.5, 0.6) is 5.88 Å². The first-order valence-electron chi connectivity index (χ1n) is 10.5. The number of aryl methyl sites for hydroxylation is 1. The lowest BCUT2D eigenvalue weighted by atomic mass is 10.2. The third-order valence-corrected chi connectivity index (χ3v) is 6.05. The first kappa shape index (κ1) is 22.3. The number of amides is 1. The molecule has 3 aromatic heterocycles. The van der Waals surface area contributed by atoms with Crippen molar-refractivity contribution in [1.82, 2.24) is 25.1 Å². The van der Waals surface area contributed by atoms with Crippen molar-refractivity contribution in [2.75, 3.05) is 13.2 Å². The van der Waals surface area contributed by atoms with E-state index in [1.807, 2.05) is 44.2 Å². The number of aromatic nitrogens is 4. The first-order chi connectivity index (χ1) is 16.1. The summed E-state index contributed by atoms with van der Waals surface area (Å²) in [6, 6.07) is 16.5. The van der Waals surface area contributed by atoms with E-state index in [0.29, 0.717) is 17.9 Å². The molecule has 8 nitrogen and oxygen atoms in total. The SMILES string of the molecule is CCOc1ncccc1C(=O)NCCn1nc(-c2sc(-c3ccccc3)nc2C)ccc1=O. The Kier molecular flexibility index (Phi) is 6.89. The van der Waals surface area contributed by atoms with E-state index in [1.165, 1.54) is 22.1 Å². The van der Waals surface area contributed by atoms with Crippen LogP contribution in [0.15, 0.2) is 65.6 Å². The number of hydrogen-bond donors (Lipinski definition) is 1. The molecule has 168 valence electrons. The van der Waals surface area contributed by atoms with Gasteiger partial charge >= 0.3 is 0 Å². The molecule has 1 amide bonds. The largest absolute Gasteiger partial charge is 0.477 e. The summed E-state index contributed by atoms with van der Waals surface area (Å²) in [6.07, 6.45) is 1.57. The van der Waals surface area contributed by atoms with E-state index in [2.05, 4.69) is 20.4 Å². The van der Waals surface area contributed by atoms with Crippen LogP contribution in [0.4, 0.5) is 0 Å². The minimum atomic E-state index is -0.318. The Morgan fingerprint density at radius 1 is 1.12 bits per heavy atom. The molecule has 0 atom stereocenters. The van der Waals surface area contributed by atoms with Crippen LogP contribution in [0.2, 0.25) is 0 Å². The zero-order chi connectivity index (χ0) is 23.2. The average Bonchev–Trinajstić information content (AvgIpc) is 3.23. The van der Waals surface area contributed by atoms with Crippen molar-refractivity contribution in [3.05, 3.63) is 82.4 Å². The Morgan fingerprint density at radius 3 is 2.73 bits per heavy atom. The summed E-state index contributed by atoms with van der Waals surface area (Å²) < 4.78 is 6.76. The molecule has 4 rings (SSSR count). The third-order valence-electron chi connectivity index (χ3n) is 4.82. The molecule has 3 heterocycles. The maximum Gasteiger partial charge on any atom is 0.266 e. The van der Waals surface area contributed by atoms with E-state index in [9.17, 15) is 9.59 Å². The van der Waals surface area contributed by atoms with Crippen LogP contribution in [-0.4, -0.2) is 38.8 Å². The monoisotopic (exact) mass is 461 g/mol. The molecule has 1 N–H and O–H groups in total. The molecule has 0 aliphatic heterocycles. The van der Waals surface area contributed by atoms with Gasteiger partial charge in [0, 0.05) is 24.4 Å². The Labute approximate surface area is 194 Å². The lowest BCUT2D eigenvalue weighted by Gasteiger charge is -2.10. The fraction of sp³-hybridized carbons (Fsp3) is 0.208. The van der Waals surface area contributed by atoms with E-state index in [-0.39, 0.29) is 30.4 Å². The molecule has 0 bridgehead atoms. The minimum absolute atomic E-state index is 0.228. The van der Waals surface area contributed by atoms with Crippen LogP contribution < -0.4 is 15.6 Å². The summed E-state index contributed by atoms with van der Waals surface area (Å²) in [7, 11) is 0. The number of rotatable bonds is 8. The molecule has 1 aromatic carbocycles. The lowest BCUT2D eigenvalue weighted by molar-refractivity contribution is 0.0947. The number of pyridine rings is 1. The zero-order valence-electron chi connectivity index (χ0n) is 18.3. The Hall–Kier alpha value is -3.85. The van der Waals surface area contributed by atoms with Gasteiger partial charge in [-0.1, -0.05) is 30.3 Å². The highest BCUT2D eigenvalue weighted by molar-refractivity contribution is 7.18. The van der Waals surface area contributed by atoms with E-state index in [1.54, 1.807) is 24.4 Å². The quantitative estimate of drug-likeness (QED) is 0.431. The summed E-state index contributed by atoms with van der Waals surface area (Å²) >= 11 is 1.53. The van der Waals surface area contributed by atoms with E-state index in [4.69, 9.17) is 4.74 Å². The van der Waals surface area contributed by atoms with Gasteiger partial charge in [0.2, 0.25) is 5.88 Å². The lowest BCUT2D eigenvalue weighted by Crippen LogP contribution is -2.32. The van der Waals surface area contributed by atoms with E-state index in [0.717, 1.165) is 21.1 Å². The van der Waals surface area contributed by atoms with Crippen molar-refractivity contribution >= 4 is 17.2 Å². The number of thiazole rings is 1. The summed E-state index contributed by atoms with van der Waals surface area (Å²) in [4.78, 5) is 34.6. The second-order valence-electron chi connectivity index (χ2n) is 7.12. The van der Waals surface area contributed by atoms with Gasteiger partial charge in [-0.3, -0.25) is 9.59 Å². The van der Waals surface area contributed by atoms with Gasteiger partial charge in [0.05, 0.1) is 23.7 Å². The summed E-state index contributed by atoms with van der Waals surface area (Å²) in [5.41, 5.74) is 2.67. The molecule has 9 heteroatoms. The molecule has 0 aliphatic carbocycles. The van der Waals surface area contributed by atoms with Crippen molar-refractivity contribution in [1.29, 1.82) is 0 Å². The van der Waals surface area contributed by atoms with Crippen LogP contribution in [0.1, 0.15) is 23.0 Å². The van der Waals surface area contributed by atoms with Crippen molar-refractivity contribution < 1.29 is 9.53 Å². The Balaban J connectivity index is 1.48. The highest BCUT2D eigenvalue weighted by Gasteiger charge is 2.15. The predicted molar refractivity (Wildman–Crippen MR) is 128 cm³/mol. The van der Waals surface area contributed by atoms with E-state index < -0.39 is 0 Å². The highest BCUT2D eigenvalue weighted by Crippen LogP contribution is 2.33. The van der Waals surface area contributed by atoms with Gasteiger partial charge in [-0.05, 0) is 32.0 Å². The highest BCUT2D eigenvalue weighted by atomic mass is 32.1. The number of hydrogen-bond acceptors (Lipinski definition) is 7. The van der Waals surface area contributed by atoms with Crippen LogP contribution in [0, 0.1) is 6.92 Å². The number of nitrogens with zero attached hydrogens (tertiary/aromatic N) is 4. The normalized spacial score (nSPS) is 10.7. The molecule has 4 aromatic rings. The van der Waals surface area contributed by atoms with Gasteiger partial charge in [0.1, 0.15) is 16.3 Å². The van der Waals surface area contributed by atoms with Crippen molar-refractivity contribution in [2.24, 2.45) is 0 Å². The molecule has 0 unspecified atom stereocenters. The van der Waals surface area contributed by atoms with Crippen molar-refractivity contribution in [3.63, 3.8) is 0 Å². The number of nitrogens with one attached hydrogen (secondary N) is 1. The van der Waals surface area contributed by atoms with Gasteiger partial charge in [-0.15, -0.1) is 11.3 Å². The maximum atomic E-state index is 12.5.